The van der Waals surface area contributed by atoms with Crippen molar-refractivity contribution in [2.24, 2.45) is 5.92 Å². The van der Waals surface area contributed by atoms with E-state index in [4.69, 9.17) is 11.6 Å². The van der Waals surface area contributed by atoms with Gasteiger partial charge < -0.3 is 10.1 Å². The van der Waals surface area contributed by atoms with E-state index in [9.17, 15) is 13.2 Å². The molecular formula is C15H22Cl2N2O4S. The summed E-state index contributed by atoms with van der Waals surface area (Å²) in [6.45, 7) is 1.82. The van der Waals surface area contributed by atoms with E-state index in [0.29, 0.717) is 19.0 Å². The molecule has 1 fully saturated rings. The van der Waals surface area contributed by atoms with E-state index in [1.54, 1.807) is 0 Å². The van der Waals surface area contributed by atoms with E-state index in [-0.39, 0.29) is 27.9 Å². The number of hydrogen-bond acceptors (Lipinski definition) is 5. The number of esters is 1. The Labute approximate surface area is 154 Å². The number of benzene rings is 1. The highest BCUT2D eigenvalue weighted by atomic mass is 35.5. The summed E-state index contributed by atoms with van der Waals surface area (Å²) >= 11 is 5.96. The van der Waals surface area contributed by atoms with Gasteiger partial charge in [-0.1, -0.05) is 11.6 Å². The van der Waals surface area contributed by atoms with Gasteiger partial charge in [-0.15, -0.1) is 12.4 Å². The summed E-state index contributed by atoms with van der Waals surface area (Å²) in [6, 6.07) is 4.07. The third kappa shape index (κ3) is 4.83. The smallest absolute Gasteiger partial charge is 0.337 e. The second-order valence-corrected chi connectivity index (χ2v) is 7.95. The molecule has 24 heavy (non-hydrogen) atoms. The molecule has 1 heterocycles. The first-order valence-electron chi connectivity index (χ1n) is 7.42. The van der Waals surface area contributed by atoms with Gasteiger partial charge >= 0.3 is 5.97 Å². The number of nitrogens with zero attached hydrogens (tertiary/aromatic N) is 1. The lowest BCUT2D eigenvalue weighted by atomic mass is 9.98. The van der Waals surface area contributed by atoms with Crippen molar-refractivity contribution in [3.05, 3.63) is 28.8 Å². The molecular weight excluding hydrogens is 375 g/mol. The summed E-state index contributed by atoms with van der Waals surface area (Å²) in [5.41, 5.74) is 0.128. The van der Waals surface area contributed by atoms with Crippen LogP contribution in [0.25, 0.3) is 0 Å². The molecule has 0 unspecified atom stereocenters. The number of carbonyl (C=O) groups excluding carboxylic acids is 1. The minimum atomic E-state index is -3.67. The van der Waals surface area contributed by atoms with Crippen LogP contribution >= 0.6 is 24.0 Å². The third-order valence-electron chi connectivity index (χ3n) is 4.00. The average Bonchev–Trinajstić information content (AvgIpc) is 2.54. The quantitative estimate of drug-likeness (QED) is 0.771. The van der Waals surface area contributed by atoms with Crippen molar-refractivity contribution in [3.8, 4) is 0 Å². The maximum Gasteiger partial charge on any atom is 0.337 e. The zero-order chi connectivity index (χ0) is 17.0. The van der Waals surface area contributed by atoms with Gasteiger partial charge in [0.1, 0.15) is 0 Å². The minimum Gasteiger partial charge on any atom is -0.465 e. The molecule has 1 N–H and O–H groups in total. The highest BCUT2D eigenvalue weighted by molar-refractivity contribution is 7.89. The molecule has 0 saturated carbocycles. The molecule has 1 aliphatic rings. The number of halogens is 2. The highest BCUT2D eigenvalue weighted by Crippen LogP contribution is 2.26. The van der Waals surface area contributed by atoms with Crippen LogP contribution in [0.3, 0.4) is 0 Å². The Morgan fingerprint density at radius 3 is 2.50 bits per heavy atom. The maximum atomic E-state index is 12.8. The van der Waals surface area contributed by atoms with Crippen molar-refractivity contribution in [3.63, 3.8) is 0 Å². The summed E-state index contributed by atoms with van der Waals surface area (Å²) < 4.78 is 31.6. The van der Waals surface area contributed by atoms with E-state index in [0.717, 1.165) is 19.4 Å². The second kappa shape index (κ2) is 9.01. The lowest BCUT2D eigenvalue weighted by Gasteiger charge is -2.31. The van der Waals surface area contributed by atoms with Gasteiger partial charge in [0.05, 0.1) is 17.6 Å². The molecule has 0 aliphatic carbocycles. The number of ether oxygens (including phenoxy) is 1. The molecule has 0 bridgehead atoms. The van der Waals surface area contributed by atoms with Crippen molar-refractivity contribution in [1.29, 1.82) is 0 Å². The molecule has 1 aliphatic heterocycles. The molecule has 0 atom stereocenters. The van der Waals surface area contributed by atoms with Gasteiger partial charge in [-0.3, -0.25) is 0 Å². The fourth-order valence-corrected chi connectivity index (χ4v) is 4.58. The number of sulfonamides is 1. The van der Waals surface area contributed by atoms with Crippen LogP contribution in [-0.2, 0) is 14.8 Å². The van der Waals surface area contributed by atoms with Crippen LogP contribution in [0.5, 0.6) is 0 Å². The van der Waals surface area contributed by atoms with E-state index in [1.165, 1.54) is 29.6 Å². The molecule has 0 radical (unpaired) electrons. The molecule has 6 nitrogen and oxygen atoms in total. The summed E-state index contributed by atoms with van der Waals surface area (Å²) in [4.78, 5) is 11.7. The Morgan fingerprint density at radius 1 is 1.33 bits per heavy atom. The molecule has 1 saturated heterocycles. The van der Waals surface area contributed by atoms with Crippen LogP contribution in [0.4, 0.5) is 0 Å². The fourth-order valence-electron chi connectivity index (χ4n) is 2.74. The van der Waals surface area contributed by atoms with Crippen molar-refractivity contribution in [2.45, 2.75) is 17.7 Å². The third-order valence-corrected chi connectivity index (χ3v) is 6.09. The summed E-state index contributed by atoms with van der Waals surface area (Å²) in [7, 11) is -0.534. The van der Waals surface area contributed by atoms with Crippen LogP contribution < -0.4 is 5.32 Å². The molecule has 0 amide bonds. The van der Waals surface area contributed by atoms with Crippen LogP contribution in [-0.4, -0.2) is 52.5 Å². The van der Waals surface area contributed by atoms with Gasteiger partial charge in [0, 0.05) is 18.1 Å². The topological polar surface area (TPSA) is 75.7 Å². The fraction of sp³-hybridized carbons (Fsp3) is 0.533. The predicted octanol–water partition coefficient (Wildman–Crippen LogP) is 2.17. The molecule has 2 rings (SSSR count). The van der Waals surface area contributed by atoms with Gasteiger partial charge in [-0.05, 0) is 50.6 Å². The number of carbonyl (C=O) groups is 1. The van der Waals surface area contributed by atoms with E-state index in [2.05, 4.69) is 10.1 Å². The highest BCUT2D eigenvalue weighted by Gasteiger charge is 2.30. The van der Waals surface area contributed by atoms with E-state index >= 15 is 0 Å². The zero-order valence-corrected chi connectivity index (χ0v) is 16.0. The Bertz CT molecular complexity index is 674. The van der Waals surface area contributed by atoms with Gasteiger partial charge in [0.2, 0.25) is 10.0 Å². The van der Waals surface area contributed by atoms with Crippen molar-refractivity contribution < 1.29 is 17.9 Å². The monoisotopic (exact) mass is 396 g/mol. The summed E-state index contributed by atoms with van der Waals surface area (Å²) in [6.07, 6.45) is 1.62. The minimum absolute atomic E-state index is 0. The van der Waals surface area contributed by atoms with Crippen LogP contribution in [0.1, 0.15) is 23.2 Å². The zero-order valence-electron chi connectivity index (χ0n) is 13.6. The predicted molar refractivity (Wildman–Crippen MR) is 95.4 cm³/mol. The average molecular weight is 397 g/mol. The maximum absolute atomic E-state index is 12.8. The van der Waals surface area contributed by atoms with Gasteiger partial charge in [-0.2, -0.15) is 4.31 Å². The largest absolute Gasteiger partial charge is 0.465 e. The normalized spacial score (nSPS) is 16.5. The first kappa shape index (κ1) is 21.2. The SMILES string of the molecule is CNCC1CCN(S(=O)(=O)c2cc(Cl)cc(C(=O)OC)c2)CC1.Cl. The first-order valence-corrected chi connectivity index (χ1v) is 9.24. The molecule has 136 valence electrons. The lowest BCUT2D eigenvalue weighted by Crippen LogP contribution is -2.40. The van der Waals surface area contributed by atoms with Crippen LogP contribution in [0.15, 0.2) is 23.1 Å². The van der Waals surface area contributed by atoms with E-state index in [1.807, 2.05) is 7.05 Å². The Morgan fingerprint density at radius 2 is 1.96 bits per heavy atom. The second-order valence-electron chi connectivity index (χ2n) is 5.57. The Kier molecular flexibility index (Phi) is 7.95. The van der Waals surface area contributed by atoms with Crippen molar-refractivity contribution >= 4 is 40.0 Å². The van der Waals surface area contributed by atoms with Crippen molar-refractivity contribution in [2.75, 3.05) is 33.8 Å². The Balaban J connectivity index is 0.00000288. The van der Waals surface area contributed by atoms with Crippen LogP contribution in [0, 0.1) is 5.92 Å². The molecule has 1 aromatic carbocycles. The molecule has 9 heteroatoms. The lowest BCUT2D eigenvalue weighted by molar-refractivity contribution is 0.0600. The van der Waals surface area contributed by atoms with Crippen LogP contribution in [0.2, 0.25) is 5.02 Å². The number of nitrogens with one attached hydrogen (secondary N) is 1. The van der Waals surface area contributed by atoms with Gasteiger partial charge in [0.25, 0.3) is 0 Å². The van der Waals surface area contributed by atoms with Gasteiger partial charge in [0.15, 0.2) is 0 Å². The van der Waals surface area contributed by atoms with Crippen molar-refractivity contribution in [1.82, 2.24) is 9.62 Å². The Hall–Kier alpha value is -0.860. The number of hydrogen-bond donors (Lipinski definition) is 1. The molecule has 1 aromatic rings. The molecule has 0 spiro atoms. The van der Waals surface area contributed by atoms with Gasteiger partial charge in [-0.25, -0.2) is 13.2 Å². The summed E-state index contributed by atoms with van der Waals surface area (Å²) in [5, 5.41) is 3.31. The first-order chi connectivity index (χ1) is 10.9. The van der Waals surface area contributed by atoms with E-state index < -0.39 is 16.0 Å². The number of rotatable bonds is 5. The number of methoxy groups -OCH3 is 1. The molecule has 0 aromatic heterocycles. The summed E-state index contributed by atoms with van der Waals surface area (Å²) in [5.74, 6) is -0.131. The standard InChI is InChI=1S/C15H21ClN2O4S.ClH/c1-17-10-11-3-5-18(6-4-11)23(20,21)14-8-12(15(19)22-2)7-13(16)9-14;/h7-9,11,17H,3-6,10H2,1-2H3;1H. The number of piperidine rings is 1.